The number of hydrogen-bond acceptors (Lipinski definition) is 4. The number of anilines is 1. The Labute approximate surface area is 107 Å². The fourth-order valence-electron chi connectivity index (χ4n) is 2.14. The van der Waals surface area contributed by atoms with Gasteiger partial charge in [-0.05, 0) is 19.9 Å². The topological polar surface area (TPSA) is 54.5 Å². The first-order valence-corrected chi connectivity index (χ1v) is 6.08. The van der Waals surface area contributed by atoms with E-state index in [-0.39, 0.29) is 11.5 Å². The quantitative estimate of drug-likeness (QED) is 0.860. The van der Waals surface area contributed by atoms with E-state index in [4.69, 9.17) is 4.74 Å². The molecule has 98 valence electrons. The Morgan fingerprint density at radius 3 is 3.00 bits per heavy atom. The molecule has 1 aromatic heterocycles. The summed E-state index contributed by atoms with van der Waals surface area (Å²) in [6.45, 7) is 5.82. The summed E-state index contributed by atoms with van der Waals surface area (Å²) in [6.07, 6.45) is 3.30. The second kappa shape index (κ2) is 4.94. The summed E-state index contributed by atoms with van der Waals surface area (Å²) < 4.78 is 5.62. The highest BCUT2D eigenvalue weighted by atomic mass is 16.5. The van der Waals surface area contributed by atoms with Gasteiger partial charge in [-0.15, -0.1) is 0 Å². The van der Waals surface area contributed by atoms with Gasteiger partial charge in [0.05, 0.1) is 29.7 Å². The summed E-state index contributed by atoms with van der Waals surface area (Å²) >= 11 is 0. The largest absolute Gasteiger partial charge is 0.386 e. The molecule has 1 amide bonds. The monoisotopic (exact) mass is 249 g/mol. The molecule has 0 aliphatic carbocycles. The minimum absolute atomic E-state index is 0.0260. The second-order valence-corrected chi connectivity index (χ2v) is 5.01. The second-order valence-electron chi connectivity index (χ2n) is 5.01. The van der Waals surface area contributed by atoms with E-state index in [1.165, 1.54) is 0 Å². The van der Waals surface area contributed by atoms with Crippen molar-refractivity contribution in [3.8, 4) is 0 Å². The number of rotatable bonds is 2. The Hall–Kier alpha value is -1.62. The van der Waals surface area contributed by atoms with Crippen molar-refractivity contribution in [3.63, 3.8) is 0 Å². The normalized spacial score (nSPS) is 18.5. The van der Waals surface area contributed by atoms with Crippen molar-refractivity contribution in [2.24, 2.45) is 0 Å². The highest BCUT2D eigenvalue weighted by Crippen LogP contribution is 2.21. The van der Waals surface area contributed by atoms with Crippen LogP contribution in [0.25, 0.3) is 0 Å². The smallest absolute Gasteiger partial charge is 0.256 e. The third kappa shape index (κ3) is 2.61. The number of nitrogens with one attached hydrogen (secondary N) is 1. The minimum atomic E-state index is -0.277. The van der Waals surface area contributed by atoms with Gasteiger partial charge in [0.2, 0.25) is 0 Å². The maximum absolute atomic E-state index is 12.5. The first-order chi connectivity index (χ1) is 8.53. The molecule has 1 saturated heterocycles. The molecule has 0 spiro atoms. The Morgan fingerprint density at radius 1 is 1.56 bits per heavy atom. The molecule has 1 aromatic rings. The third-order valence-electron chi connectivity index (χ3n) is 3.03. The number of hydrogen-bond donors (Lipinski definition) is 1. The van der Waals surface area contributed by atoms with Crippen LogP contribution in [0, 0.1) is 0 Å². The molecule has 0 saturated carbocycles. The van der Waals surface area contributed by atoms with Crippen molar-refractivity contribution in [3.05, 3.63) is 24.0 Å². The van der Waals surface area contributed by atoms with E-state index in [1.807, 2.05) is 18.7 Å². The molecule has 5 nitrogen and oxygen atoms in total. The Morgan fingerprint density at radius 2 is 2.33 bits per heavy atom. The summed E-state index contributed by atoms with van der Waals surface area (Å²) in [5.74, 6) is 0.0260. The molecule has 0 bridgehead atoms. The number of aromatic nitrogens is 1. The van der Waals surface area contributed by atoms with Crippen LogP contribution >= 0.6 is 0 Å². The summed E-state index contributed by atoms with van der Waals surface area (Å²) in [4.78, 5) is 18.3. The van der Waals surface area contributed by atoms with E-state index in [9.17, 15) is 4.79 Å². The predicted molar refractivity (Wildman–Crippen MR) is 69.7 cm³/mol. The average molecular weight is 249 g/mol. The fraction of sp³-hybridized carbons (Fsp3) is 0.538. The van der Waals surface area contributed by atoms with Gasteiger partial charge in [-0.25, -0.2) is 0 Å². The number of amides is 1. The molecule has 0 aromatic carbocycles. The zero-order chi connectivity index (χ0) is 13.2. The summed E-state index contributed by atoms with van der Waals surface area (Å²) in [7, 11) is 1.79. The van der Waals surface area contributed by atoms with Gasteiger partial charge >= 0.3 is 0 Å². The Kier molecular flexibility index (Phi) is 3.52. The van der Waals surface area contributed by atoms with Crippen LogP contribution in [0.15, 0.2) is 18.5 Å². The molecule has 0 unspecified atom stereocenters. The number of pyridine rings is 1. The lowest BCUT2D eigenvalue weighted by molar-refractivity contribution is -0.0763. The van der Waals surface area contributed by atoms with E-state index < -0.39 is 0 Å². The molecule has 1 fully saturated rings. The zero-order valence-corrected chi connectivity index (χ0v) is 11.1. The van der Waals surface area contributed by atoms with Crippen LogP contribution in [0.4, 0.5) is 5.69 Å². The summed E-state index contributed by atoms with van der Waals surface area (Å²) in [5.41, 5.74) is 1.14. The number of nitrogens with zero attached hydrogens (tertiary/aromatic N) is 2. The van der Waals surface area contributed by atoms with E-state index in [0.717, 1.165) is 5.69 Å². The molecule has 0 radical (unpaired) electrons. The van der Waals surface area contributed by atoms with Gasteiger partial charge in [-0.2, -0.15) is 0 Å². The van der Waals surface area contributed by atoms with Crippen LogP contribution in [-0.2, 0) is 4.74 Å². The maximum Gasteiger partial charge on any atom is 0.256 e. The molecule has 0 atom stereocenters. The van der Waals surface area contributed by atoms with E-state index in [2.05, 4.69) is 10.3 Å². The molecule has 2 rings (SSSR count). The number of ether oxygens (including phenoxy) is 1. The molecular weight excluding hydrogens is 230 g/mol. The van der Waals surface area contributed by atoms with Crippen molar-refractivity contribution in [1.29, 1.82) is 0 Å². The molecule has 18 heavy (non-hydrogen) atoms. The third-order valence-corrected chi connectivity index (χ3v) is 3.03. The predicted octanol–water partition coefficient (Wildman–Crippen LogP) is 1.37. The molecule has 1 aliphatic rings. The van der Waals surface area contributed by atoms with Crippen LogP contribution < -0.4 is 5.32 Å². The lowest BCUT2D eigenvalue weighted by Gasteiger charge is -2.38. The first-order valence-electron chi connectivity index (χ1n) is 6.08. The van der Waals surface area contributed by atoms with Crippen molar-refractivity contribution in [2.75, 3.05) is 32.1 Å². The molecular formula is C13H19N3O2. The molecule has 1 aliphatic heterocycles. The van der Waals surface area contributed by atoms with Crippen LogP contribution in [-0.4, -0.2) is 48.1 Å². The van der Waals surface area contributed by atoms with E-state index >= 15 is 0 Å². The summed E-state index contributed by atoms with van der Waals surface area (Å²) in [6, 6.07) is 1.75. The number of carbonyl (C=O) groups excluding carboxylic acids is 1. The number of carbonyl (C=O) groups is 1. The SMILES string of the molecule is CNc1cnccc1C(=O)N1CCOC(C)(C)C1. The van der Waals surface area contributed by atoms with Crippen molar-refractivity contribution >= 4 is 11.6 Å². The average Bonchev–Trinajstić information content (AvgIpc) is 2.36. The minimum Gasteiger partial charge on any atom is -0.386 e. The molecule has 1 N–H and O–H groups in total. The van der Waals surface area contributed by atoms with Gasteiger partial charge in [0.25, 0.3) is 5.91 Å². The van der Waals surface area contributed by atoms with Gasteiger partial charge in [-0.1, -0.05) is 0 Å². The van der Waals surface area contributed by atoms with Crippen LogP contribution in [0.2, 0.25) is 0 Å². The van der Waals surface area contributed by atoms with Gasteiger partial charge in [-0.3, -0.25) is 9.78 Å². The Balaban J connectivity index is 2.20. The standard InChI is InChI=1S/C13H19N3O2/c1-13(2)9-16(6-7-18-13)12(17)10-4-5-15-8-11(10)14-3/h4-5,8,14H,6-7,9H2,1-3H3. The van der Waals surface area contributed by atoms with Gasteiger partial charge in [0.1, 0.15) is 0 Å². The Bertz CT molecular complexity index is 446. The van der Waals surface area contributed by atoms with Crippen LogP contribution in [0.1, 0.15) is 24.2 Å². The van der Waals surface area contributed by atoms with Crippen molar-refractivity contribution in [1.82, 2.24) is 9.88 Å². The molecule has 5 heteroatoms. The van der Waals surface area contributed by atoms with Gasteiger partial charge in [0.15, 0.2) is 0 Å². The van der Waals surface area contributed by atoms with E-state index in [1.54, 1.807) is 25.5 Å². The number of morpholine rings is 1. The lowest BCUT2D eigenvalue weighted by Crippen LogP contribution is -2.50. The van der Waals surface area contributed by atoms with Crippen LogP contribution in [0.5, 0.6) is 0 Å². The van der Waals surface area contributed by atoms with E-state index in [0.29, 0.717) is 25.3 Å². The first kappa shape index (κ1) is 12.8. The molecule has 2 heterocycles. The highest BCUT2D eigenvalue weighted by Gasteiger charge is 2.31. The van der Waals surface area contributed by atoms with Gasteiger partial charge < -0.3 is 15.0 Å². The lowest BCUT2D eigenvalue weighted by atomic mass is 10.1. The zero-order valence-electron chi connectivity index (χ0n) is 11.1. The summed E-state index contributed by atoms with van der Waals surface area (Å²) in [5, 5.41) is 3.00. The van der Waals surface area contributed by atoms with Gasteiger partial charge in [0, 0.05) is 26.3 Å². The van der Waals surface area contributed by atoms with Crippen molar-refractivity contribution < 1.29 is 9.53 Å². The van der Waals surface area contributed by atoms with Crippen molar-refractivity contribution in [2.45, 2.75) is 19.4 Å². The fourth-order valence-corrected chi connectivity index (χ4v) is 2.14. The van der Waals surface area contributed by atoms with Crippen LogP contribution in [0.3, 0.4) is 0 Å². The highest BCUT2D eigenvalue weighted by molar-refractivity contribution is 5.99. The maximum atomic E-state index is 12.5.